The van der Waals surface area contributed by atoms with Crippen molar-refractivity contribution in [2.45, 2.75) is 19.1 Å². The number of thiocarbonyl (C=S) groups is 1. The molecule has 1 aromatic heterocycles. The standard InChI is InChI=1S/C30H24ClN3O4S3/c31-23-10-6-20(7-11-23)18-38-26-12-8-21(9-13-26)28-22(17-33(32-28)24-4-2-1-3-5-24)16-27-29(35)34(30(39)40-27)25-14-15-41(36,37)19-25/h1-13,16-17,25H,14-15,18-19H2/b27-16-/t25-/m0/s1. The molecule has 2 saturated heterocycles. The molecule has 0 aliphatic carbocycles. The first-order valence-electron chi connectivity index (χ1n) is 12.9. The molecule has 4 aromatic rings. The molecule has 6 rings (SSSR count). The number of nitrogens with zero attached hydrogens (tertiary/aromatic N) is 3. The normalized spacial score (nSPS) is 19.3. The van der Waals surface area contributed by atoms with Gasteiger partial charge in [0.2, 0.25) is 0 Å². The largest absolute Gasteiger partial charge is 0.489 e. The Kier molecular flexibility index (Phi) is 7.74. The second-order valence-corrected chi connectivity index (χ2v) is 14.1. The number of rotatable bonds is 7. The highest BCUT2D eigenvalue weighted by atomic mass is 35.5. The van der Waals surface area contributed by atoms with Crippen LogP contribution in [0.2, 0.25) is 5.02 Å². The molecule has 3 aromatic carbocycles. The highest BCUT2D eigenvalue weighted by molar-refractivity contribution is 8.26. The average Bonchev–Trinajstić information content (AvgIpc) is 3.63. The minimum Gasteiger partial charge on any atom is -0.489 e. The Labute approximate surface area is 252 Å². The van der Waals surface area contributed by atoms with E-state index in [0.29, 0.717) is 38.7 Å². The summed E-state index contributed by atoms with van der Waals surface area (Å²) in [5.74, 6) is 0.448. The molecule has 0 bridgehead atoms. The van der Waals surface area contributed by atoms with E-state index in [-0.39, 0.29) is 17.4 Å². The lowest BCUT2D eigenvalue weighted by Crippen LogP contribution is -2.39. The molecule has 1 amide bonds. The molecule has 7 nitrogen and oxygen atoms in total. The van der Waals surface area contributed by atoms with Crippen molar-refractivity contribution in [2.24, 2.45) is 0 Å². The van der Waals surface area contributed by atoms with Crippen LogP contribution in [0.4, 0.5) is 0 Å². The summed E-state index contributed by atoms with van der Waals surface area (Å²) in [6, 6.07) is 24.4. The van der Waals surface area contributed by atoms with Gasteiger partial charge < -0.3 is 4.74 Å². The Balaban J connectivity index is 1.29. The number of thioether (sulfide) groups is 1. The molecule has 11 heteroatoms. The number of hydrogen-bond acceptors (Lipinski definition) is 7. The number of hydrogen-bond donors (Lipinski definition) is 0. The summed E-state index contributed by atoms with van der Waals surface area (Å²) in [4.78, 5) is 15.3. The zero-order valence-electron chi connectivity index (χ0n) is 21.6. The molecule has 0 saturated carbocycles. The minimum atomic E-state index is -3.16. The lowest BCUT2D eigenvalue weighted by molar-refractivity contribution is -0.123. The number of para-hydroxylation sites is 1. The van der Waals surface area contributed by atoms with Gasteiger partial charge in [-0.05, 0) is 66.6 Å². The number of amides is 1. The van der Waals surface area contributed by atoms with Gasteiger partial charge in [-0.25, -0.2) is 13.1 Å². The Morgan fingerprint density at radius 1 is 1.05 bits per heavy atom. The first kappa shape index (κ1) is 27.7. The van der Waals surface area contributed by atoms with Gasteiger partial charge in [-0.3, -0.25) is 9.69 Å². The fourth-order valence-corrected chi connectivity index (χ4v) is 8.02. The average molecular weight is 622 g/mol. The lowest BCUT2D eigenvalue weighted by atomic mass is 10.1. The number of aromatic nitrogens is 2. The van der Waals surface area contributed by atoms with Crippen LogP contribution in [0.3, 0.4) is 0 Å². The predicted octanol–water partition coefficient (Wildman–Crippen LogP) is 6.16. The third-order valence-electron chi connectivity index (χ3n) is 6.89. The van der Waals surface area contributed by atoms with E-state index in [1.807, 2.05) is 85.1 Å². The van der Waals surface area contributed by atoms with E-state index < -0.39 is 15.9 Å². The molecule has 2 fully saturated rings. The number of benzene rings is 3. The molecular weight excluding hydrogens is 598 g/mol. The predicted molar refractivity (Wildman–Crippen MR) is 167 cm³/mol. The maximum absolute atomic E-state index is 13.4. The second-order valence-electron chi connectivity index (χ2n) is 9.76. The number of sulfone groups is 1. The minimum absolute atomic E-state index is 0.0592. The first-order chi connectivity index (χ1) is 19.8. The molecular formula is C30H24ClN3O4S3. The van der Waals surface area contributed by atoms with Crippen molar-refractivity contribution in [3.8, 4) is 22.7 Å². The highest BCUT2D eigenvalue weighted by Gasteiger charge is 2.42. The van der Waals surface area contributed by atoms with Crippen molar-refractivity contribution in [3.63, 3.8) is 0 Å². The van der Waals surface area contributed by atoms with Crippen molar-refractivity contribution in [1.29, 1.82) is 0 Å². The van der Waals surface area contributed by atoms with Crippen LogP contribution >= 0.6 is 35.6 Å². The van der Waals surface area contributed by atoms with Gasteiger partial charge in [0.1, 0.15) is 16.7 Å². The molecule has 0 radical (unpaired) electrons. The van der Waals surface area contributed by atoms with Crippen LogP contribution < -0.4 is 4.74 Å². The molecule has 0 spiro atoms. The van der Waals surface area contributed by atoms with E-state index in [9.17, 15) is 13.2 Å². The van der Waals surface area contributed by atoms with Gasteiger partial charge >= 0.3 is 0 Å². The maximum Gasteiger partial charge on any atom is 0.266 e. The van der Waals surface area contributed by atoms with Gasteiger partial charge in [0.05, 0.1) is 33.8 Å². The highest BCUT2D eigenvalue weighted by Crippen LogP contribution is 2.38. The van der Waals surface area contributed by atoms with Gasteiger partial charge in [-0.15, -0.1) is 0 Å². The van der Waals surface area contributed by atoms with Crippen LogP contribution in [0.25, 0.3) is 23.0 Å². The smallest absolute Gasteiger partial charge is 0.266 e. The van der Waals surface area contributed by atoms with E-state index in [4.69, 9.17) is 33.7 Å². The summed E-state index contributed by atoms with van der Waals surface area (Å²) in [7, 11) is -3.16. The summed E-state index contributed by atoms with van der Waals surface area (Å²) in [5, 5.41) is 5.53. The Bertz CT molecular complexity index is 1750. The Hall–Kier alpha value is -3.44. The number of ether oxygens (including phenoxy) is 1. The zero-order valence-corrected chi connectivity index (χ0v) is 24.8. The first-order valence-corrected chi connectivity index (χ1v) is 16.3. The molecule has 3 heterocycles. The van der Waals surface area contributed by atoms with Gasteiger partial charge in [-0.1, -0.05) is 65.9 Å². The SMILES string of the molecule is O=C1/C(=C/c2cn(-c3ccccc3)nc2-c2ccc(OCc3ccc(Cl)cc3)cc2)SC(=S)N1[C@H]1CCS(=O)(=O)C1. The Morgan fingerprint density at radius 3 is 2.46 bits per heavy atom. The van der Waals surface area contributed by atoms with Crippen molar-refractivity contribution in [2.75, 3.05) is 11.5 Å². The van der Waals surface area contributed by atoms with Crippen LogP contribution in [0, 0.1) is 0 Å². The quantitative estimate of drug-likeness (QED) is 0.181. The number of halogens is 1. The summed E-state index contributed by atoms with van der Waals surface area (Å²) in [6.45, 7) is 0.411. The number of carbonyl (C=O) groups excluding carboxylic acids is 1. The van der Waals surface area contributed by atoms with Crippen molar-refractivity contribution >= 4 is 61.7 Å². The third kappa shape index (κ3) is 6.11. The second kappa shape index (κ2) is 11.4. The van der Waals surface area contributed by atoms with Gasteiger partial charge in [-0.2, -0.15) is 5.10 Å². The third-order valence-corrected chi connectivity index (χ3v) is 10.2. The molecule has 208 valence electrons. The fourth-order valence-electron chi connectivity index (χ4n) is 4.80. The molecule has 0 unspecified atom stereocenters. The molecule has 41 heavy (non-hydrogen) atoms. The van der Waals surface area contributed by atoms with Gasteiger partial charge in [0, 0.05) is 22.3 Å². The summed E-state index contributed by atoms with van der Waals surface area (Å²) in [5.41, 5.74) is 4.16. The van der Waals surface area contributed by atoms with Crippen molar-refractivity contribution < 1.29 is 17.9 Å². The fraction of sp³-hybridized carbons (Fsp3) is 0.167. The van der Waals surface area contributed by atoms with E-state index in [1.54, 1.807) is 10.8 Å². The summed E-state index contributed by atoms with van der Waals surface area (Å²) >= 11 is 12.7. The van der Waals surface area contributed by atoms with Crippen LogP contribution in [0.5, 0.6) is 5.75 Å². The lowest BCUT2D eigenvalue weighted by Gasteiger charge is -2.20. The zero-order chi connectivity index (χ0) is 28.6. The van der Waals surface area contributed by atoms with E-state index in [2.05, 4.69) is 0 Å². The summed E-state index contributed by atoms with van der Waals surface area (Å²) < 4.78 is 32.2. The molecule has 0 N–H and O–H groups in total. The summed E-state index contributed by atoms with van der Waals surface area (Å²) in [6.07, 6.45) is 4.06. The van der Waals surface area contributed by atoms with Crippen LogP contribution in [0.15, 0.2) is 90.0 Å². The van der Waals surface area contributed by atoms with E-state index in [1.165, 1.54) is 16.7 Å². The van der Waals surface area contributed by atoms with Crippen LogP contribution in [-0.2, 0) is 21.2 Å². The Morgan fingerprint density at radius 2 is 1.78 bits per heavy atom. The van der Waals surface area contributed by atoms with Gasteiger partial charge in [0.25, 0.3) is 5.91 Å². The van der Waals surface area contributed by atoms with E-state index in [0.717, 1.165) is 22.4 Å². The monoisotopic (exact) mass is 621 g/mol. The molecule has 1 atom stereocenters. The maximum atomic E-state index is 13.4. The van der Waals surface area contributed by atoms with E-state index >= 15 is 0 Å². The van der Waals surface area contributed by atoms with Crippen LogP contribution in [-0.4, -0.2) is 50.9 Å². The van der Waals surface area contributed by atoms with Gasteiger partial charge in [0.15, 0.2) is 9.84 Å². The van der Waals surface area contributed by atoms with Crippen molar-refractivity contribution in [1.82, 2.24) is 14.7 Å². The topological polar surface area (TPSA) is 81.5 Å². The number of carbonyl (C=O) groups is 1. The molecule has 2 aliphatic heterocycles. The van der Waals surface area contributed by atoms with Crippen LogP contribution in [0.1, 0.15) is 17.5 Å². The van der Waals surface area contributed by atoms with Crippen molar-refractivity contribution in [3.05, 3.63) is 106 Å². The molecule has 2 aliphatic rings.